The minimum absolute atomic E-state index is 0.113. The van der Waals surface area contributed by atoms with E-state index in [4.69, 9.17) is 14.9 Å². The Morgan fingerprint density at radius 3 is 2.51 bits per heavy atom. The lowest BCUT2D eigenvalue weighted by Crippen LogP contribution is -2.28. The second kappa shape index (κ2) is 10.8. The molecule has 2 heterocycles. The van der Waals surface area contributed by atoms with Gasteiger partial charge >= 0.3 is 6.18 Å². The van der Waals surface area contributed by atoms with Gasteiger partial charge in [-0.25, -0.2) is 9.67 Å². The molecule has 0 radical (unpaired) electrons. The molecule has 0 unspecified atom stereocenters. The molecule has 0 saturated carbocycles. The molecular formula is C24H29F3N6O2. The van der Waals surface area contributed by atoms with E-state index in [-0.39, 0.29) is 5.71 Å². The smallest absolute Gasteiger partial charge is 0.435 e. The fraction of sp³-hybridized carbons (Fsp3) is 0.375. The number of hydrogen-bond acceptors (Lipinski definition) is 7. The van der Waals surface area contributed by atoms with E-state index >= 15 is 0 Å². The highest BCUT2D eigenvalue weighted by molar-refractivity contribution is 6.15. The molecule has 3 aromatic rings. The van der Waals surface area contributed by atoms with Crippen LogP contribution in [0.4, 0.5) is 24.5 Å². The van der Waals surface area contributed by atoms with E-state index in [1.807, 2.05) is 19.9 Å². The number of likely N-dealkylation sites (N-methyl/N-ethyl adjacent to an activating group) is 1. The zero-order valence-electron chi connectivity index (χ0n) is 20.3. The Balaban J connectivity index is 2.05. The molecule has 0 atom stereocenters. The topological polar surface area (TPSA) is 88.3 Å². The number of benzene rings is 1. The van der Waals surface area contributed by atoms with Gasteiger partial charge < -0.3 is 19.7 Å². The molecule has 11 heteroatoms. The van der Waals surface area contributed by atoms with Gasteiger partial charge in [-0.15, -0.1) is 0 Å². The molecule has 188 valence electrons. The van der Waals surface area contributed by atoms with E-state index < -0.39 is 11.9 Å². The first kappa shape index (κ1) is 26.0. The van der Waals surface area contributed by atoms with Gasteiger partial charge in [0, 0.05) is 50.8 Å². The van der Waals surface area contributed by atoms with E-state index in [0.717, 1.165) is 28.7 Å². The summed E-state index contributed by atoms with van der Waals surface area (Å²) in [5, 5.41) is 15.7. The monoisotopic (exact) mass is 490 g/mol. The van der Waals surface area contributed by atoms with Crippen molar-refractivity contribution in [1.29, 1.82) is 5.41 Å². The predicted octanol–water partition coefficient (Wildman–Crippen LogP) is 4.53. The number of nitrogens with zero attached hydrogens (tertiary/aromatic N) is 4. The summed E-state index contributed by atoms with van der Waals surface area (Å²) in [5.41, 5.74) is 2.69. The molecule has 0 amide bonds. The van der Waals surface area contributed by atoms with E-state index in [2.05, 4.69) is 20.3 Å². The summed E-state index contributed by atoms with van der Waals surface area (Å²) in [6, 6.07) is 7.62. The Bertz CT molecular complexity index is 1190. The predicted molar refractivity (Wildman–Crippen MR) is 129 cm³/mol. The normalized spacial score (nSPS) is 11.4. The molecule has 0 aliphatic rings. The van der Waals surface area contributed by atoms with Crippen molar-refractivity contribution in [2.45, 2.75) is 20.0 Å². The quantitative estimate of drug-likeness (QED) is 0.406. The largest absolute Gasteiger partial charge is 0.496 e. The molecule has 2 N–H and O–H groups in total. The molecule has 0 spiro atoms. The highest BCUT2D eigenvalue weighted by Gasteiger charge is 2.33. The Hall–Kier alpha value is -3.60. The molecule has 0 fully saturated rings. The minimum Gasteiger partial charge on any atom is -0.496 e. The second-order valence-corrected chi connectivity index (χ2v) is 7.73. The lowest BCUT2D eigenvalue weighted by molar-refractivity contribution is -0.141. The molecule has 8 nitrogen and oxygen atoms in total. The lowest BCUT2D eigenvalue weighted by atomic mass is 10.0. The summed E-state index contributed by atoms with van der Waals surface area (Å²) in [6.45, 7) is 5.84. The van der Waals surface area contributed by atoms with Crippen LogP contribution in [0.15, 0.2) is 36.5 Å². The van der Waals surface area contributed by atoms with Gasteiger partial charge in [0.05, 0.1) is 36.5 Å². The third kappa shape index (κ3) is 5.56. The van der Waals surface area contributed by atoms with Crippen LogP contribution in [-0.2, 0) is 10.9 Å². The third-order valence-electron chi connectivity index (χ3n) is 5.50. The van der Waals surface area contributed by atoms with Crippen LogP contribution in [0.5, 0.6) is 5.75 Å². The SMILES string of the molecule is CCN(CCOC)c1cc(C)nc(C(=N)c2ccc(-n3ccc(C(F)(F)F)n3)cc2OC)c1NC. The van der Waals surface area contributed by atoms with E-state index in [1.165, 1.54) is 13.3 Å². The Kier molecular flexibility index (Phi) is 8.00. The van der Waals surface area contributed by atoms with Crippen molar-refractivity contribution in [2.24, 2.45) is 0 Å². The maximum absolute atomic E-state index is 13.0. The van der Waals surface area contributed by atoms with Gasteiger partial charge in [-0.05, 0) is 38.1 Å². The van der Waals surface area contributed by atoms with Crippen LogP contribution in [0.3, 0.4) is 0 Å². The zero-order valence-corrected chi connectivity index (χ0v) is 20.3. The standard InChI is InChI=1S/C24H29F3N6O2/c1-6-32(11-12-34-4)18-13-15(2)30-23(22(18)29-3)21(28)17-8-7-16(14-19(17)35-5)33-10-9-20(31-33)24(25,26)27/h7-10,13-14,28-29H,6,11-12H2,1-5H3. The first-order valence-corrected chi connectivity index (χ1v) is 11.0. The molecule has 0 saturated heterocycles. The molecule has 0 aliphatic carbocycles. The number of anilines is 2. The minimum atomic E-state index is -4.54. The van der Waals surface area contributed by atoms with Crippen molar-refractivity contribution in [3.8, 4) is 11.4 Å². The number of nitrogens with one attached hydrogen (secondary N) is 2. The highest BCUT2D eigenvalue weighted by Crippen LogP contribution is 2.33. The van der Waals surface area contributed by atoms with Crippen LogP contribution in [-0.4, -0.2) is 61.4 Å². The van der Waals surface area contributed by atoms with Crippen molar-refractivity contribution in [3.63, 3.8) is 0 Å². The van der Waals surface area contributed by atoms with Crippen molar-refractivity contribution in [3.05, 3.63) is 59.2 Å². The molecule has 0 bridgehead atoms. The first-order chi connectivity index (χ1) is 16.6. The Morgan fingerprint density at radius 2 is 1.94 bits per heavy atom. The van der Waals surface area contributed by atoms with Crippen LogP contribution in [0.1, 0.15) is 29.6 Å². The molecule has 2 aromatic heterocycles. The van der Waals surface area contributed by atoms with E-state index in [1.54, 1.807) is 32.4 Å². The number of pyridine rings is 1. The number of hydrogen-bond donors (Lipinski definition) is 2. The van der Waals surface area contributed by atoms with Gasteiger partial charge in [-0.1, -0.05) is 0 Å². The van der Waals surface area contributed by atoms with Gasteiger partial charge in [0.25, 0.3) is 0 Å². The van der Waals surface area contributed by atoms with Crippen LogP contribution >= 0.6 is 0 Å². The molecular weight excluding hydrogens is 461 g/mol. The van der Waals surface area contributed by atoms with Crippen LogP contribution in [0.25, 0.3) is 5.69 Å². The van der Waals surface area contributed by atoms with Gasteiger partial charge in [-0.3, -0.25) is 5.41 Å². The first-order valence-electron chi connectivity index (χ1n) is 11.0. The summed E-state index contributed by atoms with van der Waals surface area (Å²) in [4.78, 5) is 6.76. The number of aromatic nitrogens is 3. The van der Waals surface area contributed by atoms with E-state index in [9.17, 15) is 13.2 Å². The summed E-state index contributed by atoms with van der Waals surface area (Å²) in [7, 11) is 4.86. The molecule has 1 aromatic carbocycles. The lowest BCUT2D eigenvalue weighted by Gasteiger charge is -2.27. The average molecular weight is 491 g/mol. The Morgan fingerprint density at radius 1 is 1.20 bits per heavy atom. The Labute approximate surface area is 202 Å². The molecule has 0 aliphatic heterocycles. The molecule has 3 rings (SSSR count). The van der Waals surface area contributed by atoms with Gasteiger partial charge in [0.2, 0.25) is 0 Å². The summed E-state index contributed by atoms with van der Waals surface area (Å²) in [5.74, 6) is 0.315. The van der Waals surface area contributed by atoms with Crippen molar-refractivity contribution in [1.82, 2.24) is 14.8 Å². The van der Waals surface area contributed by atoms with Crippen LogP contribution in [0, 0.1) is 12.3 Å². The maximum Gasteiger partial charge on any atom is 0.435 e. The number of alkyl halides is 3. The van der Waals surface area contributed by atoms with Crippen molar-refractivity contribution in [2.75, 3.05) is 51.2 Å². The number of methoxy groups -OCH3 is 2. The van der Waals surface area contributed by atoms with Crippen molar-refractivity contribution < 1.29 is 22.6 Å². The molecule has 35 heavy (non-hydrogen) atoms. The van der Waals surface area contributed by atoms with Crippen LogP contribution in [0.2, 0.25) is 0 Å². The number of rotatable bonds is 10. The fourth-order valence-electron chi connectivity index (χ4n) is 3.76. The van der Waals surface area contributed by atoms with Crippen LogP contribution < -0.4 is 15.0 Å². The summed E-state index contributed by atoms with van der Waals surface area (Å²) in [6.07, 6.45) is -3.30. The van der Waals surface area contributed by atoms with Gasteiger partial charge in [0.1, 0.15) is 11.4 Å². The summed E-state index contributed by atoms with van der Waals surface area (Å²) >= 11 is 0. The third-order valence-corrected chi connectivity index (χ3v) is 5.50. The van der Waals surface area contributed by atoms with Gasteiger partial charge in [-0.2, -0.15) is 18.3 Å². The number of aryl methyl sites for hydroxylation is 1. The van der Waals surface area contributed by atoms with Gasteiger partial charge in [0.15, 0.2) is 5.69 Å². The second-order valence-electron chi connectivity index (χ2n) is 7.73. The maximum atomic E-state index is 13.0. The van der Waals surface area contributed by atoms with E-state index in [0.29, 0.717) is 41.5 Å². The average Bonchev–Trinajstić information content (AvgIpc) is 3.34. The summed E-state index contributed by atoms with van der Waals surface area (Å²) < 4.78 is 50.7. The fourth-order valence-corrected chi connectivity index (χ4v) is 3.76. The number of halogens is 3. The van der Waals surface area contributed by atoms with Crippen molar-refractivity contribution >= 4 is 17.1 Å². The zero-order chi connectivity index (χ0) is 25.8. The highest BCUT2D eigenvalue weighted by atomic mass is 19.4. The number of ether oxygens (including phenoxy) is 2.